The number of hydrogen-bond donors (Lipinski definition) is 0. The zero-order chi connectivity index (χ0) is 18.0. The van der Waals surface area contributed by atoms with Crippen LogP contribution in [-0.2, 0) is 10.3 Å². The molecular weight excluding hydrogens is 336 g/mol. The number of benzene rings is 4. The van der Waals surface area contributed by atoms with E-state index in [9.17, 15) is 4.79 Å². The lowest BCUT2D eigenvalue weighted by atomic mass is 9.77. The van der Waals surface area contributed by atoms with Crippen molar-refractivity contribution in [3.8, 4) is 11.5 Å². The molecular formula is C24H14O3. The molecule has 0 bridgehead atoms. The first-order chi connectivity index (χ1) is 13.3. The summed E-state index contributed by atoms with van der Waals surface area (Å²) in [6.07, 6.45) is 0. The maximum atomic E-state index is 12.9. The van der Waals surface area contributed by atoms with Crippen molar-refractivity contribution < 1.29 is 14.3 Å². The van der Waals surface area contributed by atoms with E-state index in [0.717, 1.165) is 27.5 Å². The zero-order valence-electron chi connectivity index (χ0n) is 14.3. The standard InChI is InChI=1S/C24H14O3/c25-23-17-13-15-7-1-2-8-16(15)14-20(17)24(27-23)18-9-3-5-11-21(18)26-22-12-6-4-10-19(22)24/h1-14H. The topological polar surface area (TPSA) is 35.5 Å². The third-order valence-corrected chi connectivity index (χ3v) is 5.48. The average Bonchev–Trinajstić information content (AvgIpc) is 2.99. The molecule has 0 aliphatic carbocycles. The van der Waals surface area contributed by atoms with Crippen molar-refractivity contribution in [2.75, 3.05) is 0 Å². The molecule has 0 fully saturated rings. The summed E-state index contributed by atoms with van der Waals surface area (Å²) in [5.41, 5.74) is 2.20. The Hall–Kier alpha value is -3.59. The molecule has 0 amide bonds. The Labute approximate surface area is 155 Å². The van der Waals surface area contributed by atoms with Crippen molar-refractivity contribution in [3.05, 3.63) is 107 Å². The van der Waals surface area contributed by atoms with Gasteiger partial charge < -0.3 is 9.47 Å². The molecule has 2 aliphatic heterocycles. The van der Waals surface area contributed by atoms with Crippen LogP contribution in [0.4, 0.5) is 0 Å². The molecule has 3 heteroatoms. The molecule has 0 aromatic heterocycles. The fraction of sp³-hybridized carbons (Fsp3) is 0.0417. The van der Waals surface area contributed by atoms with Crippen LogP contribution in [-0.4, -0.2) is 5.97 Å². The Kier molecular flexibility index (Phi) is 2.69. The molecule has 0 radical (unpaired) electrons. The number of rotatable bonds is 0. The molecule has 0 N–H and O–H groups in total. The minimum atomic E-state index is -0.984. The zero-order valence-corrected chi connectivity index (χ0v) is 14.3. The lowest BCUT2D eigenvalue weighted by Crippen LogP contribution is -2.32. The van der Waals surface area contributed by atoms with Crippen molar-refractivity contribution >= 4 is 16.7 Å². The third-order valence-electron chi connectivity index (χ3n) is 5.48. The van der Waals surface area contributed by atoms with Crippen molar-refractivity contribution in [2.45, 2.75) is 5.60 Å². The van der Waals surface area contributed by atoms with Gasteiger partial charge in [0.1, 0.15) is 11.5 Å². The Morgan fingerprint density at radius 3 is 1.85 bits per heavy atom. The third kappa shape index (κ3) is 1.78. The van der Waals surface area contributed by atoms with Crippen LogP contribution in [0.3, 0.4) is 0 Å². The van der Waals surface area contributed by atoms with Gasteiger partial charge in [-0.1, -0.05) is 60.7 Å². The second-order valence-corrected chi connectivity index (χ2v) is 6.91. The number of esters is 1. The van der Waals surface area contributed by atoms with Gasteiger partial charge >= 0.3 is 5.97 Å². The van der Waals surface area contributed by atoms with Crippen LogP contribution in [0, 0.1) is 0 Å². The molecule has 3 nitrogen and oxygen atoms in total. The molecule has 4 aromatic rings. The van der Waals surface area contributed by atoms with E-state index < -0.39 is 5.60 Å². The number of para-hydroxylation sites is 2. The summed E-state index contributed by atoms with van der Waals surface area (Å²) in [5, 5.41) is 2.11. The van der Waals surface area contributed by atoms with Gasteiger partial charge in [-0.15, -0.1) is 0 Å². The molecule has 0 unspecified atom stereocenters. The van der Waals surface area contributed by atoms with E-state index in [-0.39, 0.29) is 5.97 Å². The maximum absolute atomic E-state index is 12.9. The average molecular weight is 350 g/mol. The van der Waals surface area contributed by atoms with Crippen LogP contribution in [0.2, 0.25) is 0 Å². The highest BCUT2D eigenvalue weighted by molar-refractivity contribution is 6.01. The van der Waals surface area contributed by atoms with Gasteiger partial charge in [0, 0.05) is 16.7 Å². The predicted molar refractivity (Wildman–Crippen MR) is 102 cm³/mol. The van der Waals surface area contributed by atoms with Gasteiger partial charge in [-0.25, -0.2) is 4.79 Å². The van der Waals surface area contributed by atoms with Crippen LogP contribution in [0.15, 0.2) is 84.9 Å². The van der Waals surface area contributed by atoms with Gasteiger partial charge in [0.15, 0.2) is 5.60 Å². The van der Waals surface area contributed by atoms with Crippen LogP contribution < -0.4 is 4.74 Å². The van der Waals surface area contributed by atoms with Crippen molar-refractivity contribution in [1.82, 2.24) is 0 Å². The predicted octanol–water partition coefficient (Wildman–Crippen LogP) is 5.41. The highest BCUT2D eigenvalue weighted by Gasteiger charge is 2.53. The molecule has 0 saturated heterocycles. The first kappa shape index (κ1) is 14.6. The minimum absolute atomic E-state index is 0.303. The van der Waals surface area contributed by atoms with E-state index >= 15 is 0 Å². The van der Waals surface area contributed by atoms with Gasteiger partial charge in [0.2, 0.25) is 0 Å². The van der Waals surface area contributed by atoms with Gasteiger partial charge in [0.25, 0.3) is 0 Å². The number of ether oxygens (including phenoxy) is 2. The van der Waals surface area contributed by atoms with Gasteiger partial charge in [-0.2, -0.15) is 0 Å². The number of carbonyl (C=O) groups is 1. The van der Waals surface area contributed by atoms with E-state index in [1.165, 1.54) is 0 Å². The summed E-state index contributed by atoms with van der Waals surface area (Å²) in [4.78, 5) is 12.9. The van der Waals surface area contributed by atoms with Gasteiger partial charge in [-0.05, 0) is 35.0 Å². The fourth-order valence-electron chi connectivity index (χ4n) is 4.31. The SMILES string of the molecule is O=C1OC2(c3ccccc3Oc3ccccc32)c2cc3ccccc3cc21. The van der Waals surface area contributed by atoms with E-state index in [0.29, 0.717) is 17.1 Å². The second kappa shape index (κ2) is 4.98. The fourth-order valence-corrected chi connectivity index (χ4v) is 4.31. The van der Waals surface area contributed by atoms with Crippen molar-refractivity contribution in [3.63, 3.8) is 0 Å². The van der Waals surface area contributed by atoms with Crippen LogP contribution in [0.1, 0.15) is 27.0 Å². The van der Waals surface area contributed by atoms with Crippen LogP contribution >= 0.6 is 0 Å². The molecule has 2 heterocycles. The van der Waals surface area contributed by atoms with Gasteiger partial charge in [-0.3, -0.25) is 0 Å². The summed E-state index contributed by atoms with van der Waals surface area (Å²) >= 11 is 0. The molecule has 4 aromatic carbocycles. The van der Waals surface area contributed by atoms with E-state index in [1.54, 1.807) is 0 Å². The Balaban J connectivity index is 1.77. The first-order valence-corrected chi connectivity index (χ1v) is 8.91. The highest BCUT2D eigenvalue weighted by atomic mass is 16.6. The first-order valence-electron chi connectivity index (χ1n) is 8.91. The second-order valence-electron chi connectivity index (χ2n) is 6.91. The largest absolute Gasteiger partial charge is 0.456 e. The van der Waals surface area contributed by atoms with E-state index in [1.807, 2.05) is 72.8 Å². The molecule has 0 atom stereocenters. The van der Waals surface area contributed by atoms with E-state index in [4.69, 9.17) is 9.47 Å². The summed E-state index contributed by atoms with van der Waals surface area (Å²) in [6.45, 7) is 0. The smallest absolute Gasteiger partial charge is 0.340 e. The molecule has 27 heavy (non-hydrogen) atoms. The van der Waals surface area contributed by atoms with Crippen LogP contribution in [0.25, 0.3) is 10.8 Å². The summed E-state index contributed by atoms with van der Waals surface area (Å²) in [6, 6.07) is 27.6. The summed E-state index contributed by atoms with van der Waals surface area (Å²) in [5.74, 6) is 1.12. The lowest BCUT2D eigenvalue weighted by molar-refractivity contribution is 0.0224. The summed E-state index contributed by atoms with van der Waals surface area (Å²) < 4.78 is 12.3. The monoisotopic (exact) mass is 350 g/mol. The Bertz CT molecular complexity index is 1210. The Morgan fingerprint density at radius 1 is 0.630 bits per heavy atom. The highest BCUT2D eigenvalue weighted by Crippen LogP contribution is 2.56. The number of fused-ring (bicyclic) bond motifs is 7. The number of hydrogen-bond acceptors (Lipinski definition) is 3. The summed E-state index contributed by atoms with van der Waals surface area (Å²) in [7, 11) is 0. The molecule has 2 aliphatic rings. The van der Waals surface area contributed by atoms with Crippen molar-refractivity contribution in [1.29, 1.82) is 0 Å². The molecule has 1 spiro atoms. The van der Waals surface area contributed by atoms with Gasteiger partial charge in [0.05, 0.1) is 5.56 Å². The quantitative estimate of drug-likeness (QED) is 0.398. The molecule has 128 valence electrons. The van der Waals surface area contributed by atoms with Crippen LogP contribution in [0.5, 0.6) is 11.5 Å². The lowest BCUT2D eigenvalue weighted by Gasteiger charge is -2.36. The van der Waals surface area contributed by atoms with E-state index in [2.05, 4.69) is 12.1 Å². The number of carbonyl (C=O) groups excluding carboxylic acids is 1. The molecule has 6 rings (SSSR count). The van der Waals surface area contributed by atoms with Crippen molar-refractivity contribution in [2.24, 2.45) is 0 Å². The normalized spacial score (nSPS) is 15.6. The minimum Gasteiger partial charge on any atom is -0.456 e. The Morgan fingerprint density at radius 2 is 1.19 bits per heavy atom. The molecule has 0 saturated carbocycles. The maximum Gasteiger partial charge on any atom is 0.340 e.